The fourth-order valence-electron chi connectivity index (χ4n) is 6.72. The first kappa shape index (κ1) is 26.2. The average Bonchev–Trinajstić information content (AvgIpc) is 3.47. The van der Waals surface area contributed by atoms with Crippen molar-refractivity contribution in [3.63, 3.8) is 0 Å². The van der Waals surface area contributed by atoms with Crippen molar-refractivity contribution in [1.82, 2.24) is 9.55 Å². The van der Waals surface area contributed by atoms with E-state index >= 15 is 0 Å². The second-order valence-electron chi connectivity index (χ2n) is 11.3. The molecule has 0 saturated carbocycles. The van der Waals surface area contributed by atoms with Gasteiger partial charge in [0.1, 0.15) is 12.4 Å². The lowest BCUT2D eigenvalue weighted by Gasteiger charge is -2.17. The molecule has 0 amide bonds. The van der Waals surface area contributed by atoms with E-state index in [-0.39, 0.29) is 0 Å². The van der Waals surface area contributed by atoms with Gasteiger partial charge in [-0.2, -0.15) is 4.57 Å². The highest BCUT2D eigenvalue weighted by Crippen LogP contribution is 2.44. The SMILES string of the molecule is CCC[n+]1cccc2ccc(-c3c4ccccc4cc4ccc(-c5nc6ccccc6n5-c5ccccc5)cc34)c(OC)c21. The second kappa shape index (κ2) is 10.7. The van der Waals surface area contributed by atoms with Gasteiger partial charge in [-0.3, -0.25) is 4.57 Å². The zero-order valence-corrected chi connectivity index (χ0v) is 24.9. The van der Waals surface area contributed by atoms with E-state index in [2.05, 4.69) is 150 Å². The van der Waals surface area contributed by atoms with Crippen molar-refractivity contribution in [3.05, 3.63) is 134 Å². The van der Waals surface area contributed by atoms with Crippen LogP contribution < -0.4 is 9.30 Å². The van der Waals surface area contributed by atoms with E-state index in [9.17, 15) is 0 Å². The number of hydrogen-bond acceptors (Lipinski definition) is 2. The molecule has 0 bridgehead atoms. The van der Waals surface area contributed by atoms with Crippen molar-refractivity contribution < 1.29 is 9.30 Å². The Balaban J connectivity index is 1.46. The minimum Gasteiger partial charge on any atom is -0.490 e. The molecule has 0 radical (unpaired) electrons. The number of aryl methyl sites for hydroxylation is 1. The van der Waals surface area contributed by atoms with Crippen molar-refractivity contribution >= 4 is 43.5 Å². The van der Waals surface area contributed by atoms with Gasteiger partial charge in [-0.1, -0.05) is 73.7 Å². The van der Waals surface area contributed by atoms with Crippen LogP contribution >= 0.6 is 0 Å². The fraction of sp³-hybridized carbons (Fsp3) is 0.100. The van der Waals surface area contributed by atoms with Crippen LogP contribution in [0, 0.1) is 0 Å². The molecule has 2 aromatic heterocycles. The van der Waals surface area contributed by atoms with E-state index in [0.29, 0.717) is 0 Å². The summed E-state index contributed by atoms with van der Waals surface area (Å²) < 4.78 is 10.9. The summed E-state index contributed by atoms with van der Waals surface area (Å²) >= 11 is 0. The molecule has 44 heavy (non-hydrogen) atoms. The number of benzene rings is 6. The zero-order valence-electron chi connectivity index (χ0n) is 24.9. The van der Waals surface area contributed by atoms with Gasteiger partial charge >= 0.3 is 0 Å². The van der Waals surface area contributed by atoms with Gasteiger partial charge in [0.25, 0.3) is 5.52 Å². The Morgan fingerprint density at radius 1 is 0.705 bits per heavy atom. The van der Waals surface area contributed by atoms with Crippen molar-refractivity contribution in [2.24, 2.45) is 0 Å². The topological polar surface area (TPSA) is 30.9 Å². The van der Waals surface area contributed by atoms with Gasteiger partial charge in [0.2, 0.25) is 0 Å². The van der Waals surface area contributed by atoms with Crippen molar-refractivity contribution in [3.8, 4) is 34.0 Å². The number of rotatable bonds is 6. The molecule has 4 heteroatoms. The molecule has 0 unspecified atom stereocenters. The minimum atomic E-state index is 0.899. The lowest BCUT2D eigenvalue weighted by molar-refractivity contribution is -0.671. The number of para-hydroxylation sites is 3. The first-order valence-electron chi connectivity index (χ1n) is 15.2. The third-order valence-corrected chi connectivity index (χ3v) is 8.63. The summed E-state index contributed by atoms with van der Waals surface area (Å²) in [6.45, 7) is 3.14. The molecule has 8 aromatic rings. The van der Waals surface area contributed by atoms with Crippen LogP contribution in [-0.4, -0.2) is 16.7 Å². The summed E-state index contributed by atoms with van der Waals surface area (Å²) in [5.41, 5.74) is 7.60. The summed E-state index contributed by atoms with van der Waals surface area (Å²) in [5, 5.41) is 5.92. The van der Waals surface area contributed by atoms with Crippen LogP contribution in [0.4, 0.5) is 0 Å². The normalized spacial score (nSPS) is 11.6. The smallest absolute Gasteiger partial charge is 0.255 e. The summed E-state index contributed by atoms with van der Waals surface area (Å²) in [4.78, 5) is 5.17. The maximum atomic E-state index is 6.29. The number of aromatic nitrogens is 3. The molecule has 0 spiro atoms. The third-order valence-electron chi connectivity index (χ3n) is 8.63. The predicted octanol–water partition coefficient (Wildman–Crippen LogP) is 9.53. The third kappa shape index (κ3) is 4.14. The maximum absolute atomic E-state index is 6.29. The van der Waals surface area contributed by atoms with Gasteiger partial charge < -0.3 is 4.74 Å². The van der Waals surface area contributed by atoms with Gasteiger partial charge in [0.15, 0.2) is 11.9 Å². The van der Waals surface area contributed by atoms with Crippen molar-refractivity contribution in [1.29, 1.82) is 0 Å². The van der Waals surface area contributed by atoms with Gasteiger partial charge in [-0.25, -0.2) is 4.98 Å². The number of imidazole rings is 1. The summed E-state index contributed by atoms with van der Waals surface area (Å²) in [6, 6.07) is 45.3. The van der Waals surface area contributed by atoms with Crippen LogP contribution in [0.3, 0.4) is 0 Å². The molecule has 2 heterocycles. The Morgan fingerprint density at radius 2 is 1.45 bits per heavy atom. The fourth-order valence-corrected chi connectivity index (χ4v) is 6.72. The highest BCUT2D eigenvalue weighted by atomic mass is 16.5. The number of methoxy groups -OCH3 is 1. The lowest BCUT2D eigenvalue weighted by atomic mass is 9.90. The quantitative estimate of drug-likeness (QED) is 0.147. The minimum absolute atomic E-state index is 0.899. The first-order valence-corrected chi connectivity index (χ1v) is 15.2. The molecule has 8 rings (SSSR count). The Morgan fingerprint density at radius 3 is 2.32 bits per heavy atom. The predicted molar refractivity (Wildman–Crippen MR) is 181 cm³/mol. The highest BCUT2D eigenvalue weighted by Gasteiger charge is 2.23. The number of nitrogens with zero attached hydrogens (tertiary/aromatic N) is 3. The number of hydrogen-bond donors (Lipinski definition) is 0. The van der Waals surface area contributed by atoms with Crippen LogP contribution in [0.1, 0.15) is 13.3 Å². The van der Waals surface area contributed by atoms with Gasteiger partial charge in [0.05, 0.1) is 23.5 Å². The van der Waals surface area contributed by atoms with E-state index in [1.807, 2.05) is 0 Å². The van der Waals surface area contributed by atoms with Crippen LogP contribution in [0.25, 0.3) is 71.7 Å². The number of ether oxygens (including phenoxy) is 1. The molecule has 0 aliphatic heterocycles. The Labute approximate surface area is 256 Å². The average molecular weight is 571 g/mol. The molecule has 4 nitrogen and oxygen atoms in total. The monoisotopic (exact) mass is 570 g/mol. The largest absolute Gasteiger partial charge is 0.490 e. The Bertz CT molecular complexity index is 2340. The second-order valence-corrected chi connectivity index (χ2v) is 11.3. The molecule has 0 fully saturated rings. The molecular weight excluding hydrogens is 538 g/mol. The van der Waals surface area contributed by atoms with Crippen LogP contribution in [0.5, 0.6) is 5.75 Å². The van der Waals surface area contributed by atoms with Crippen molar-refractivity contribution in [2.45, 2.75) is 19.9 Å². The maximum Gasteiger partial charge on any atom is 0.255 e. The zero-order chi connectivity index (χ0) is 29.6. The first-order chi connectivity index (χ1) is 21.7. The van der Waals surface area contributed by atoms with E-state index in [1.165, 1.54) is 32.5 Å². The van der Waals surface area contributed by atoms with Crippen LogP contribution in [-0.2, 0) is 6.54 Å². The van der Waals surface area contributed by atoms with E-state index in [0.717, 1.165) is 57.9 Å². The highest BCUT2D eigenvalue weighted by molar-refractivity contribution is 6.15. The summed E-state index contributed by atoms with van der Waals surface area (Å²) in [7, 11) is 1.79. The van der Waals surface area contributed by atoms with Gasteiger partial charge in [0, 0.05) is 34.9 Å². The summed E-state index contributed by atoms with van der Waals surface area (Å²) in [6.07, 6.45) is 3.20. The van der Waals surface area contributed by atoms with Gasteiger partial charge in [-0.15, -0.1) is 0 Å². The van der Waals surface area contributed by atoms with E-state index in [4.69, 9.17) is 9.72 Å². The van der Waals surface area contributed by atoms with E-state index in [1.54, 1.807) is 7.11 Å². The number of pyridine rings is 1. The van der Waals surface area contributed by atoms with Gasteiger partial charge in [-0.05, 0) is 76.1 Å². The van der Waals surface area contributed by atoms with Crippen LogP contribution in [0.2, 0.25) is 0 Å². The molecular formula is C40H32N3O+. The standard InChI is InChI=1S/C40H32N3O/c1-3-23-42-24-11-13-27-21-22-33(39(44-2)38(27)42)37-32-16-8-7-12-28(32)25-29-19-20-30(26-34(29)37)40-41-35-17-9-10-18-36(35)43(40)31-14-5-4-6-15-31/h4-22,24-26H,3,23H2,1-2H3/q+1. The molecule has 0 aliphatic rings. The lowest BCUT2D eigenvalue weighted by Crippen LogP contribution is -2.34. The Kier molecular flexibility index (Phi) is 6.34. The molecule has 212 valence electrons. The molecule has 6 aromatic carbocycles. The molecule has 0 saturated heterocycles. The van der Waals surface area contributed by atoms with Crippen molar-refractivity contribution in [2.75, 3.05) is 7.11 Å². The summed E-state index contributed by atoms with van der Waals surface area (Å²) in [5.74, 6) is 1.82. The molecule has 0 aliphatic carbocycles. The Hall–Kier alpha value is -5.48. The molecule has 0 N–H and O–H groups in total. The number of fused-ring (bicyclic) bond motifs is 4. The van der Waals surface area contributed by atoms with E-state index < -0.39 is 0 Å². The van der Waals surface area contributed by atoms with Crippen LogP contribution in [0.15, 0.2) is 134 Å². The molecule has 0 atom stereocenters.